The summed E-state index contributed by atoms with van der Waals surface area (Å²) in [6.07, 6.45) is 8.65. The van der Waals surface area contributed by atoms with Crippen molar-refractivity contribution in [3.05, 3.63) is 0 Å². The van der Waals surface area contributed by atoms with E-state index >= 15 is 0 Å². The Balaban J connectivity index is 1.65. The lowest BCUT2D eigenvalue weighted by Crippen LogP contribution is -2.46. The molecule has 4 nitrogen and oxygen atoms in total. The van der Waals surface area contributed by atoms with E-state index in [9.17, 15) is 4.79 Å². The Morgan fingerprint density at radius 2 is 1.84 bits per heavy atom. The van der Waals surface area contributed by atoms with Crippen LogP contribution in [0.25, 0.3) is 0 Å². The third kappa shape index (κ3) is 4.77. The van der Waals surface area contributed by atoms with Crippen molar-refractivity contribution in [3.8, 4) is 0 Å². The van der Waals surface area contributed by atoms with Crippen LogP contribution in [0.4, 0.5) is 0 Å². The third-order valence-electron chi connectivity index (χ3n) is 4.23. The zero-order valence-electron chi connectivity index (χ0n) is 12.1. The smallest absolute Gasteiger partial charge is 0.249 e. The quantitative estimate of drug-likeness (QED) is 0.801. The zero-order valence-corrected chi connectivity index (χ0v) is 12.1. The zero-order chi connectivity index (χ0) is 13.5. The monoisotopic (exact) mass is 268 g/mol. The minimum absolute atomic E-state index is 0.115. The summed E-state index contributed by atoms with van der Waals surface area (Å²) in [5.74, 6) is 0.115. The number of nitrogens with one attached hydrogen (secondary N) is 2. The second kappa shape index (κ2) is 7.85. The molecule has 1 amide bonds. The SMILES string of the molecule is CCCNC1CCC(NC(=O)C2CCCCO2)CC1. The van der Waals surface area contributed by atoms with E-state index in [2.05, 4.69) is 17.6 Å². The molecule has 1 saturated heterocycles. The first-order valence-electron chi connectivity index (χ1n) is 7.95. The molecule has 0 spiro atoms. The Hall–Kier alpha value is -0.610. The Bertz CT molecular complexity index is 269. The van der Waals surface area contributed by atoms with Gasteiger partial charge in [0.2, 0.25) is 5.91 Å². The molecule has 0 radical (unpaired) electrons. The molecule has 1 heterocycles. The molecule has 1 saturated carbocycles. The van der Waals surface area contributed by atoms with Gasteiger partial charge in [0.25, 0.3) is 0 Å². The van der Waals surface area contributed by atoms with Crippen LogP contribution in [-0.4, -0.2) is 37.2 Å². The lowest BCUT2D eigenvalue weighted by atomic mass is 9.91. The van der Waals surface area contributed by atoms with Crippen LogP contribution in [0.2, 0.25) is 0 Å². The average Bonchev–Trinajstić information content (AvgIpc) is 2.47. The Morgan fingerprint density at radius 3 is 2.47 bits per heavy atom. The molecule has 4 heteroatoms. The lowest BCUT2D eigenvalue weighted by molar-refractivity contribution is -0.136. The molecule has 19 heavy (non-hydrogen) atoms. The molecule has 2 N–H and O–H groups in total. The topological polar surface area (TPSA) is 50.4 Å². The Morgan fingerprint density at radius 1 is 1.11 bits per heavy atom. The van der Waals surface area contributed by atoms with Gasteiger partial charge in [-0.15, -0.1) is 0 Å². The maximum Gasteiger partial charge on any atom is 0.249 e. The molecule has 0 aromatic rings. The molecule has 1 unspecified atom stereocenters. The standard InChI is InChI=1S/C15H28N2O2/c1-2-10-16-12-6-8-13(9-7-12)17-15(18)14-5-3-4-11-19-14/h12-14,16H,2-11H2,1H3,(H,17,18). The van der Waals surface area contributed by atoms with E-state index in [1.165, 1.54) is 19.3 Å². The lowest BCUT2D eigenvalue weighted by Gasteiger charge is -2.31. The highest BCUT2D eigenvalue weighted by molar-refractivity contribution is 5.81. The van der Waals surface area contributed by atoms with Crippen LogP contribution >= 0.6 is 0 Å². The number of hydrogen-bond acceptors (Lipinski definition) is 3. The highest BCUT2D eigenvalue weighted by Gasteiger charge is 2.26. The summed E-state index contributed by atoms with van der Waals surface area (Å²) >= 11 is 0. The number of amides is 1. The van der Waals surface area contributed by atoms with E-state index in [0.717, 1.165) is 45.3 Å². The molecular weight excluding hydrogens is 240 g/mol. The van der Waals surface area contributed by atoms with Crippen molar-refractivity contribution in [2.75, 3.05) is 13.2 Å². The van der Waals surface area contributed by atoms with Gasteiger partial charge in [-0.1, -0.05) is 6.92 Å². The van der Waals surface area contributed by atoms with Gasteiger partial charge >= 0.3 is 0 Å². The number of ether oxygens (including phenoxy) is 1. The van der Waals surface area contributed by atoms with Gasteiger partial charge in [-0.3, -0.25) is 4.79 Å². The molecule has 2 fully saturated rings. The van der Waals surface area contributed by atoms with Gasteiger partial charge in [-0.05, 0) is 57.9 Å². The maximum absolute atomic E-state index is 12.1. The van der Waals surface area contributed by atoms with Crippen LogP contribution in [0.1, 0.15) is 58.3 Å². The van der Waals surface area contributed by atoms with Gasteiger partial charge in [-0.2, -0.15) is 0 Å². The van der Waals surface area contributed by atoms with Crippen LogP contribution in [0.5, 0.6) is 0 Å². The fourth-order valence-electron chi connectivity index (χ4n) is 3.03. The van der Waals surface area contributed by atoms with Crippen molar-refractivity contribution >= 4 is 5.91 Å². The molecule has 0 bridgehead atoms. The summed E-state index contributed by atoms with van der Waals surface area (Å²) in [6, 6.07) is 1.01. The van der Waals surface area contributed by atoms with Gasteiger partial charge < -0.3 is 15.4 Å². The van der Waals surface area contributed by atoms with Crippen LogP contribution in [0.3, 0.4) is 0 Å². The first kappa shape index (κ1) is 14.8. The van der Waals surface area contributed by atoms with Gasteiger partial charge in [-0.25, -0.2) is 0 Å². The van der Waals surface area contributed by atoms with E-state index in [1.807, 2.05) is 0 Å². The Kier molecular flexibility index (Phi) is 6.11. The normalized spacial score (nSPS) is 31.9. The predicted octanol–water partition coefficient (Wildman–Crippen LogP) is 1.98. The van der Waals surface area contributed by atoms with E-state index in [1.54, 1.807) is 0 Å². The minimum Gasteiger partial charge on any atom is -0.368 e. The van der Waals surface area contributed by atoms with Crippen molar-refractivity contribution in [1.29, 1.82) is 0 Å². The maximum atomic E-state index is 12.1. The molecule has 1 atom stereocenters. The third-order valence-corrected chi connectivity index (χ3v) is 4.23. The van der Waals surface area contributed by atoms with E-state index in [4.69, 9.17) is 4.74 Å². The summed E-state index contributed by atoms with van der Waals surface area (Å²) in [5.41, 5.74) is 0. The minimum atomic E-state index is -0.190. The summed E-state index contributed by atoms with van der Waals surface area (Å²) in [7, 11) is 0. The summed E-state index contributed by atoms with van der Waals surface area (Å²) in [5, 5.41) is 6.74. The van der Waals surface area contributed by atoms with Crippen molar-refractivity contribution in [3.63, 3.8) is 0 Å². The van der Waals surface area contributed by atoms with Gasteiger partial charge in [0.15, 0.2) is 0 Å². The Labute approximate surface area is 116 Å². The van der Waals surface area contributed by atoms with E-state index in [0.29, 0.717) is 12.1 Å². The second-order valence-corrected chi connectivity index (χ2v) is 5.87. The molecule has 0 aromatic carbocycles. The van der Waals surface area contributed by atoms with Crippen LogP contribution < -0.4 is 10.6 Å². The van der Waals surface area contributed by atoms with Crippen LogP contribution in [0, 0.1) is 0 Å². The molecule has 1 aliphatic carbocycles. The van der Waals surface area contributed by atoms with Crippen molar-refractivity contribution in [1.82, 2.24) is 10.6 Å². The van der Waals surface area contributed by atoms with Crippen LogP contribution in [-0.2, 0) is 9.53 Å². The van der Waals surface area contributed by atoms with Crippen molar-refractivity contribution in [2.24, 2.45) is 0 Å². The predicted molar refractivity (Wildman–Crippen MR) is 76.1 cm³/mol. The highest BCUT2D eigenvalue weighted by Crippen LogP contribution is 2.20. The molecule has 110 valence electrons. The van der Waals surface area contributed by atoms with Crippen molar-refractivity contribution < 1.29 is 9.53 Å². The average molecular weight is 268 g/mol. The molecule has 2 rings (SSSR count). The summed E-state index contributed by atoms with van der Waals surface area (Å²) in [4.78, 5) is 12.1. The molecule has 1 aliphatic heterocycles. The molecular formula is C15H28N2O2. The first-order chi connectivity index (χ1) is 9.29. The number of carbonyl (C=O) groups excluding carboxylic acids is 1. The summed E-state index contributed by atoms with van der Waals surface area (Å²) in [6.45, 7) is 4.05. The number of carbonyl (C=O) groups is 1. The largest absolute Gasteiger partial charge is 0.368 e. The van der Waals surface area contributed by atoms with Gasteiger partial charge in [0, 0.05) is 18.7 Å². The first-order valence-corrected chi connectivity index (χ1v) is 7.95. The number of rotatable bonds is 5. The van der Waals surface area contributed by atoms with E-state index < -0.39 is 0 Å². The van der Waals surface area contributed by atoms with Gasteiger partial charge in [0.1, 0.15) is 6.10 Å². The van der Waals surface area contributed by atoms with Crippen molar-refractivity contribution in [2.45, 2.75) is 76.5 Å². The summed E-state index contributed by atoms with van der Waals surface area (Å²) < 4.78 is 5.53. The fourth-order valence-corrected chi connectivity index (χ4v) is 3.03. The molecule has 2 aliphatic rings. The van der Waals surface area contributed by atoms with E-state index in [-0.39, 0.29) is 12.0 Å². The second-order valence-electron chi connectivity index (χ2n) is 5.87. The van der Waals surface area contributed by atoms with Crippen LogP contribution in [0.15, 0.2) is 0 Å². The molecule has 0 aromatic heterocycles. The number of hydrogen-bond donors (Lipinski definition) is 2. The van der Waals surface area contributed by atoms with Gasteiger partial charge in [0.05, 0.1) is 0 Å². The highest BCUT2D eigenvalue weighted by atomic mass is 16.5. The fraction of sp³-hybridized carbons (Fsp3) is 0.933.